The zero-order chi connectivity index (χ0) is 21.3. The van der Waals surface area contributed by atoms with Gasteiger partial charge >= 0.3 is 0 Å². The summed E-state index contributed by atoms with van der Waals surface area (Å²) in [5, 5.41) is 2.63. The number of carbonyl (C=O) groups excluding carboxylic acids is 1. The van der Waals surface area contributed by atoms with Gasteiger partial charge in [0.25, 0.3) is 10.0 Å². The van der Waals surface area contributed by atoms with E-state index in [0.717, 1.165) is 18.2 Å². The van der Waals surface area contributed by atoms with Gasteiger partial charge in [-0.3, -0.25) is 14.0 Å². The Hall–Kier alpha value is -2.58. The van der Waals surface area contributed by atoms with Crippen LogP contribution in [0.3, 0.4) is 0 Å². The second-order valence-electron chi connectivity index (χ2n) is 8.03. The Kier molecular flexibility index (Phi) is 5.71. The molecule has 2 aliphatic rings. The Morgan fingerprint density at radius 1 is 1.13 bits per heavy atom. The number of sulfonamides is 1. The number of benzene rings is 2. The summed E-state index contributed by atoms with van der Waals surface area (Å²) >= 11 is 0. The minimum absolute atomic E-state index is 0.156. The van der Waals surface area contributed by atoms with E-state index in [9.17, 15) is 13.2 Å². The van der Waals surface area contributed by atoms with E-state index in [1.807, 2.05) is 0 Å². The fourth-order valence-electron chi connectivity index (χ4n) is 3.39. The Bertz CT molecular complexity index is 1000. The largest absolute Gasteiger partial charge is 0.492 e. The zero-order valence-electron chi connectivity index (χ0n) is 17.2. The topological polar surface area (TPSA) is 78.7 Å². The van der Waals surface area contributed by atoms with Gasteiger partial charge in [-0.2, -0.15) is 0 Å². The third-order valence-electron chi connectivity index (χ3n) is 5.49. The lowest BCUT2D eigenvalue weighted by Gasteiger charge is -2.20. The van der Waals surface area contributed by atoms with Gasteiger partial charge < -0.3 is 10.1 Å². The number of rotatable bonds is 9. The number of nitrogens with zero attached hydrogens (tertiary/aromatic N) is 2. The van der Waals surface area contributed by atoms with E-state index in [2.05, 4.69) is 10.2 Å². The predicted molar refractivity (Wildman–Crippen MR) is 116 cm³/mol. The summed E-state index contributed by atoms with van der Waals surface area (Å²) in [5.74, 6) is 1.43. The molecule has 30 heavy (non-hydrogen) atoms. The van der Waals surface area contributed by atoms with Gasteiger partial charge in [-0.25, -0.2) is 8.42 Å². The molecule has 4 rings (SSSR count). The first-order valence-corrected chi connectivity index (χ1v) is 11.6. The second kappa shape index (κ2) is 8.28. The molecule has 2 fully saturated rings. The van der Waals surface area contributed by atoms with E-state index >= 15 is 0 Å². The molecule has 0 aromatic heterocycles. The summed E-state index contributed by atoms with van der Waals surface area (Å²) in [6.45, 7) is 4.37. The highest BCUT2D eigenvalue weighted by Gasteiger charge is 2.38. The molecule has 160 valence electrons. The molecule has 8 heteroatoms. The van der Waals surface area contributed by atoms with Crippen LogP contribution in [-0.4, -0.2) is 52.0 Å². The predicted octanol–water partition coefficient (Wildman–Crippen LogP) is 2.94. The lowest BCUT2D eigenvalue weighted by atomic mass is 10.3. The minimum atomic E-state index is -3.71. The van der Waals surface area contributed by atoms with E-state index in [1.54, 1.807) is 36.4 Å². The first kappa shape index (κ1) is 20.7. The summed E-state index contributed by atoms with van der Waals surface area (Å²) < 4.78 is 32.9. The molecule has 0 bridgehead atoms. The van der Waals surface area contributed by atoms with Crippen LogP contribution in [0, 0.1) is 5.92 Å². The quantitative estimate of drug-likeness (QED) is 0.620. The van der Waals surface area contributed by atoms with Crippen molar-refractivity contribution in [3.63, 3.8) is 0 Å². The van der Waals surface area contributed by atoms with Crippen LogP contribution in [0.2, 0.25) is 0 Å². The van der Waals surface area contributed by atoms with Crippen LogP contribution in [0.15, 0.2) is 53.4 Å². The van der Waals surface area contributed by atoms with Gasteiger partial charge in [0.1, 0.15) is 12.4 Å². The van der Waals surface area contributed by atoms with E-state index in [4.69, 9.17) is 4.74 Å². The first-order valence-electron chi connectivity index (χ1n) is 10.2. The number of carbonyl (C=O) groups is 1. The number of hydrogen-bond acceptors (Lipinski definition) is 5. The Morgan fingerprint density at radius 3 is 2.40 bits per heavy atom. The van der Waals surface area contributed by atoms with Crippen LogP contribution in [0.1, 0.15) is 19.8 Å². The van der Waals surface area contributed by atoms with Crippen molar-refractivity contribution in [2.75, 3.05) is 36.4 Å². The van der Waals surface area contributed by atoms with Crippen molar-refractivity contribution in [2.24, 2.45) is 5.92 Å². The molecule has 1 amide bonds. The monoisotopic (exact) mass is 429 g/mol. The average Bonchev–Trinajstić information content (AvgIpc) is 3.65. The van der Waals surface area contributed by atoms with Gasteiger partial charge in [0.05, 0.1) is 16.6 Å². The third-order valence-corrected chi connectivity index (χ3v) is 7.29. The van der Waals surface area contributed by atoms with E-state index in [-0.39, 0.29) is 10.8 Å². The highest BCUT2D eigenvalue weighted by atomic mass is 32.2. The van der Waals surface area contributed by atoms with Crippen molar-refractivity contribution in [3.05, 3.63) is 48.5 Å². The van der Waals surface area contributed by atoms with Crippen molar-refractivity contribution in [1.82, 2.24) is 4.90 Å². The number of nitrogens with one attached hydrogen (secondary N) is 1. The van der Waals surface area contributed by atoms with Crippen molar-refractivity contribution in [2.45, 2.75) is 30.7 Å². The van der Waals surface area contributed by atoms with Crippen molar-refractivity contribution in [1.29, 1.82) is 0 Å². The summed E-state index contributed by atoms with van der Waals surface area (Å²) in [4.78, 5) is 13.7. The molecule has 1 aliphatic heterocycles. The molecule has 1 saturated heterocycles. The van der Waals surface area contributed by atoms with Gasteiger partial charge in [-0.15, -0.1) is 0 Å². The fraction of sp³-hybridized carbons (Fsp3) is 0.409. The number of amides is 1. The fourth-order valence-corrected chi connectivity index (χ4v) is 4.59. The Labute approximate surface area is 177 Å². The summed E-state index contributed by atoms with van der Waals surface area (Å²) in [6, 6.07) is 13.7. The first-order chi connectivity index (χ1) is 14.3. The number of anilines is 2. The van der Waals surface area contributed by atoms with Gasteiger partial charge in [0.15, 0.2) is 0 Å². The van der Waals surface area contributed by atoms with Gasteiger partial charge in [0, 0.05) is 32.7 Å². The van der Waals surface area contributed by atoms with Crippen molar-refractivity contribution < 1.29 is 17.9 Å². The average molecular weight is 430 g/mol. The molecule has 2 atom stereocenters. The van der Waals surface area contributed by atoms with E-state index in [1.165, 1.54) is 49.8 Å². The van der Waals surface area contributed by atoms with Crippen molar-refractivity contribution >= 4 is 27.3 Å². The van der Waals surface area contributed by atoms with Gasteiger partial charge in [-0.1, -0.05) is 0 Å². The molecular formula is C22H27N3O4S. The lowest BCUT2D eigenvalue weighted by Crippen LogP contribution is -2.26. The lowest BCUT2D eigenvalue weighted by molar-refractivity contribution is -0.114. The smallest absolute Gasteiger partial charge is 0.264 e. The van der Waals surface area contributed by atoms with Crippen LogP contribution >= 0.6 is 0 Å². The molecule has 2 aromatic carbocycles. The summed E-state index contributed by atoms with van der Waals surface area (Å²) in [5.41, 5.74) is 1.10. The molecular weight excluding hydrogens is 402 g/mol. The molecule has 2 aromatic rings. The van der Waals surface area contributed by atoms with Crippen LogP contribution in [-0.2, 0) is 14.8 Å². The van der Waals surface area contributed by atoms with Crippen molar-refractivity contribution in [3.8, 4) is 5.75 Å². The molecule has 1 N–H and O–H groups in total. The number of hydrogen-bond donors (Lipinski definition) is 1. The third kappa shape index (κ3) is 4.94. The highest BCUT2D eigenvalue weighted by molar-refractivity contribution is 7.92. The maximum Gasteiger partial charge on any atom is 0.264 e. The van der Waals surface area contributed by atoms with E-state index < -0.39 is 10.0 Å². The minimum Gasteiger partial charge on any atom is -0.492 e. The Balaban J connectivity index is 1.35. The molecule has 0 radical (unpaired) electrons. The Morgan fingerprint density at radius 2 is 1.80 bits per heavy atom. The zero-order valence-corrected chi connectivity index (χ0v) is 18.1. The van der Waals surface area contributed by atoms with Crippen LogP contribution in [0.25, 0.3) is 0 Å². The molecule has 2 unspecified atom stereocenters. The summed E-state index contributed by atoms with van der Waals surface area (Å²) in [6.07, 6.45) is 2.73. The normalized spacial score (nSPS) is 20.5. The molecule has 1 saturated carbocycles. The van der Waals surface area contributed by atoms with Gasteiger partial charge in [-0.05, 0) is 67.3 Å². The maximum absolute atomic E-state index is 12.9. The second-order valence-corrected chi connectivity index (χ2v) is 10.0. The van der Waals surface area contributed by atoms with Crippen LogP contribution < -0.4 is 14.4 Å². The SMILES string of the molecule is CC(=O)Nc1ccc(S(=O)(=O)N(C)c2ccc(OCC3CN3CC3CC3)cc2)cc1. The molecule has 1 heterocycles. The van der Waals surface area contributed by atoms with Crippen LogP contribution in [0.4, 0.5) is 11.4 Å². The maximum atomic E-state index is 12.9. The van der Waals surface area contributed by atoms with E-state index in [0.29, 0.717) is 24.0 Å². The highest BCUT2D eigenvalue weighted by Crippen LogP contribution is 2.33. The molecule has 0 spiro atoms. The molecule has 7 nitrogen and oxygen atoms in total. The summed E-state index contributed by atoms with van der Waals surface area (Å²) in [7, 11) is -2.18. The number of ether oxygens (including phenoxy) is 1. The van der Waals surface area contributed by atoms with Crippen LogP contribution in [0.5, 0.6) is 5.75 Å². The standard InChI is InChI=1S/C22H27N3O4S/c1-16(26)23-18-5-11-22(12-6-18)30(27,28)24(2)19-7-9-21(10-8-19)29-15-20-14-25(20)13-17-3-4-17/h5-12,17,20H,3-4,13-15H2,1-2H3,(H,23,26). The van der Waals surface area contributed by atoms with Gasteiger partial charge in [0.2, 0.25) is 5.91 Å². The molecule has 1 aliphatic carbocycles.